The smallest absolute Gasteiger partial charge is 0.251 e. The van der Waals surface area contributed by atoms with Gasteiger partial charge in [0.15, 0.2) is 0 Å². The Hall–Kier alpha value is -3.32. The maximum Gasteiger partial charge on any atom is 0.251 e. The molecule has 6 nitrogen and oxygen atoms in total. The van der Waals surface area contributed by atoms with Crippen LogP contribution in [0.5, 0.6) is 5.75 Å². The third-order valence-electron chi connectivity index (χ3n) is 5.43. The topological polar surface area (TPSA) is 75.7 Å². The first-order valence-electron chi connectivity index (χ1n) is 11.2. The van der Waals surface area contributed by atoms with Crippen LogP contribution in [0, 0.1) is 27.7 Å². The van der Waals surface area contributed by atoms with Crippen LogP contribution in [-0.4, -0.2) is 33.7 Å². The molecule has 0 saturated heterocycles. The highest BCUT2D eigenvalue weighted by molar-refractivity contribution is 7.92. The van der Waals surface area contributed by atoms with E-state index in [0.717, 1.165) is 33.6 Å². The molecule has 0 saturated carbocycles. The maximum atomic E-state index is 12.5. The van der Waals surface area contributed by atoms with Crippen LogP contribution in [-0.2, 0) is 16.6 Å². The highest BCUT2D eigenvalue weighted by Gasteiger charge is 2.19. The zero-order valence-electron chi connectivity index (χ0n) is 20.4. The maximum absolute atomic E-state index is 12.5. The van der Waals surface area contributed by atoms with Gasteiger partial charge in [-0.2, -0.15) is 0 Å². The quantitative estimate of drug-likeness (QED) is 0.451. The van der Waals surface area contributed by atoms with Crippen LogP contribution in [0.4, 0.5) is 5.69 Å². The molecule has 1 amide bonds. The molecule has 0 unspecified atom stereocenters. The Balaban J connectivity index is 1.60. The second kappa shape index (κ2) is 10.7. The van der Waals surface area contributed by atoms with Crippen LogP contribution in [0.3, 0.4) is 0 Å². The van der Waals surface area contributed by atoms with Crippen molar-refractivity contribution in [3.8, 4) is 5.75 Å². The number of ether oxygens (including phenoxy) is 1. The van der Waals surface area contributed by atoms with Gasteiger partial charge < -0.3 is 10.1 Å². The molecule has 1 N–H and O–H groups in total. The molecule has 3 rings (SSSR count). The van der Waals surface area contributed by atoms with Gasteiger partial charge in [-0.1, -0.05) is 30.3 Å². The number of carbonyl (C=O) groups excluding carboxylic acids is 1. The number of rotatable bonds is 9. The average Bonchev–Trinajstić information content (AvgIpc) is 2.76. The van der Waals surface area contributed by atoms with E-state index < -0.39 is 10.0 Å². The fraction of sp³-hybridized carbons (Fsp3) is 0.296. The molecule has 0 spiro atoms. The van der Waals surface area contributed by atoms with Gasteiger partial charge in [0.2, 0.25) is 10.0 Å². The Morgan fingerprint density at radius 3 is 2.15 bits per heavy atom. The fourth-order valence-corrected chi connectivity index (χ4v) is 4.58. The molecule has 0 aliphatic heterocycles. The Labute approximate surface area is 202 Å². The molecule has 0 atom stereocenters. The van der Waals surface area contributed by atoms with Crippen molar-refractivity contribution in [2.45, 2.75) is 34.2 Å². The number of anilines is 1. The highest BCUT2D eigenvalue weighted by atomic mass is 32.2. The number of hydrogen-bond acceptors (Lipinski definition) is 4. The summed E-state index contributed by atoms with van der Waals surface area (Å²) in [6.45, 7) is 8.81. The van der Waals surface area contributed by atoms with E-state index in [4.69, 9.17) is 4.74 Å². The molecule has 0 radical (unpaired) electrons. The van der Waals surface area contributed by atoms with Crippen molar-refractivity contribution >= 4 is 21.6 Å². The standard InChI is InChI=1S/C27H32N2O4S/c1-19-6-7-22(4)26(17-19)33-13-12-28-27(30)24-10-8-23(9-11-24)18-29(34(5,31)32)25-15-20(2)14-21(3)16-25/h6-11,14-17H,12-13,18H2,1-5H3,(H,28,30). The summed E-state index contributed by atoms with van der Waals surface area (Å²) in [5.41, 5.74) is 6.10. The lowest BCUT2D eigenvalue weighted by atomic mass is 10.1. The summed E-state index contributed by atoms with van der Waals surface area (Å²) >= 11 is 0. The van der Waals surface area contributed by atoms with Gasteiger partial charge in [-0.05, 0) is 85.8 Å². The Bertz CT molecular complexity index is 1250. The number of nitrogens with one attached hydrogen (secondary N) is 1. The van der Waals surface area contributed by atoms with Crippen molar-refractivity contribution < 1.29 is 17.9 Å². The molecule has 0 aliphatic carbocycles. The van der Waals surface area contributed by atoms with Gasteiger partial charge in [0.25, 0.3) is 5.91 Å². The van der Waals surface area contributed by atoms with E-state index in [1.807, 2.05) is 64.1 Å². The van der Waals surface area contributed by atoms with Crippen molar-refractivity contribution in [2.24, 2.45) is 0 Å². The van der Waals surface area contributed by atoms with Crippen LogP contribution in [0.25, 0.3) is 0 Å². The summed E-state index contributed by atoms with van der Waals surface area (Å²) < 4.78 is 32.1. The van der Waals surface area contributed by atoms with Crippen LogP contribution in [0.1, 0.15) is 38.2 Å². The van der Waals surface area contributed by atoms with Gasteiger partial charge in [-0.3, -0.25) is 9.10 Å². The molecule has 0 aromatic heterocycles. The average molecular weight is 481 g/mol. The summed E-state index contributed by atoms with van der Waals surface area (Å²) in [7, 11) is -3.48. The van der Waals surface area contributed by atoms with E-state index in [9.17, 15) is 13.2 Å². The third kappa shape index (κ3) is 6.84. The molecule has 180 valence electrons. The number of carbonyl (C=O) groups is 1. The summed E-state index contributed by atoms with van der Waals surface area (Å²) in [6.07, 6.45) is 1.20. The van der Waals surface area contributed by atoms with Crippen LogP contribution in [0.2, 0.25) is 0 Å². The Morgan fingerprint density at radius 2 is 1.53 bits per heavy atom. The van der Waals surface area contributed by atoms with Gasteiger partial charge in [0.05, 0.1) is 25.0 Å². The minimum absolute atomic E-state index is 0.188. The lowest BCUT2D eigenvalue weighted by molar-refractivity contribution is 0.0947. The molecule has 0 fully saturated rings. The molecule has 3 aromatic carbocycles. The van der Waals surface area contributed by atoms with Crippen molar-refractivity contribution in [3.05, 3.63) is 94.0 Å². The number of hydrogen-bond donors (Lipinski definition) is 1. The molecular weight excluding hydrogens is 448 g/mol. The Morgan fingerprint density at radius 1 is 0.882 bits per heavy atom. The van der Waals surface area contributed by atoms with Crippen molar-refractivity contribution in [1.29, 1.82) is 0 Å². The van der Waals surface area contributed by atoms with E-state index >= 15 is 0 Å². The highest BCUT2D eigenvalue weighted by Crippen LogP contribution is 2.24. The molecule has 0 heterocycles. The molecule has 0 bridgehead atoms. The normalized spacial score (nSPS) is 11.2. The van der Waals surface area contributed by atoms with Gasteiger partial charge in [-0.15, -0.1) is 0 Å². The van der Waals surface area contributed by atoms with E-state index in [0.29, 0.717) is 24.4 Å². The third-order valence-corrected chi connectivity index (χ3v) is 6.57. The number of benzene rings is 3. The fourth-order valence-electron chi connectivity index (χ4n) is 3.71. The van der Waals surface area contributed by atoms with Crippen molar-refractivity contribution in [2.75, 3.05) is 23.7 Å². The molecular formula is C27H32N2O4S. The predicted molar refractivity (Wildman–Crippen MR) is 137 cm³/mol. The number of sulfonamides is 1. The SMILES string of the molecule is Cc1cc(C)cc(N(Cc2ccc(C(=O)NCCOc3cc(C)ccc3C)cc2)S(C)(=O)=O)c1. The summed E-state index contributed by atoms with van der Waals surface area (Å²) in [6, 6.07) is 18.7. The lowest BCUT2D eigenvalue weighted by Crippen LogP contribution is -2.30. The number of aryl methyl sites for hydroxylation is 4. The first-order chi connectivity index (χ1) is 16.0. The minimum atomic E-state index is -3.48. The molecule has 0 aliphatic rings. The molecule has 34 heavy (non-hydrogen) atoms. The van der Waals surface area contributed by atoms with Gasteiger partial charge in [-0.25, -0.2) is 8.42 Å². The monoisotopic (exact) mass is 480 g/mol. The largest absolute Gasteiger partial charge is 0.491 e. The molecule has 7 heteroatoms. The summed E-state index contributed by atoms with van der Waals surface area (Å²) in [5, 5.41) is 2.86. The molecule has 3 aromatic rings. The summed E-state index contributed by atoms with van der Waals surface area (Å²) in [4.78, 5) is 12.5. The predicted octanol–water partition coefficient (Wildman–Crippen LogP) is 4.70. The Kier molecular flexibility index (Phi) is 7.99. The number of nitrogens with zero attached hydrogens (tertiary/aromatic N) is 1. The summed E-state index contributed by atoms with van der Waals surface area (Å²) in [5.74, 6) is 0.614. The minimum Gasteiger partial charge on any atom is -0.491 e. The van der Waals surface area contributed by atoms with Gasteiger partial charge in [0, 0.05) is 5.56 Å². The van der Waals surface area contributed by atoms with Crippen LogP contribution < -0.4 is 14.4 Å². The zero-order valence-corrected chi connectivity index (χ0v) is 21.2. The second-order valence-corrected chi connectivity index (χ2v) is 10.6. The van der Waals surface area contributed by atoms with Crippen molar-refractivity contribution in [1.82, 2.24) is 5.32 Å². The zero-order chi connectivity index (χ0) is 24.9. The van der Waals surface area contributed by atoms with Crippen LogP contribution in [0.15, 0.2) is 60.7 Å². The first-order valence-corrected chi connectivity index (χ1v) is 13.0. The number of amides is 1. The van der Waals surface area contributed by atoms with Gasteiger partial charge in [0.1, 0.15) is 12.4 Å². The van der Waals surface area contributed by atoms with E-state index in [-0.39, 0.29) is 12.5 Å². The second-order valence-electron chi connectivity index (χ2n) is 8.69. The van der Waals surface area contributed by atoms with E-state index in [1.54, 1.807) is 24.3 Å². The van der Waals surface area contributed by atoms with Crippen LogP contribution >= 0.6 is 0 Å². The lowest BCUT2D eigenvalue weighted by Gasteiger charge is -2.23. The first kappa shape index (κ1) is 25.3. The van der Waals surface area contributed by atoms with Gasteiger partial charge >= 0.3 is 0 Å². The van der Waals surface area contributed by atoms with Crippen molar-refractivity contribution in [3.63, 3.8) is 0 Å². The van der Waals surface area contributed by atoms with E-state index in [2.05, 4.69) is 5.32 Å². The van der Waals surface area contributed by atoms with E-state index in [1.165, 1.54) is 10.6 Å².